The number of aryl methyl sites for hydroxylation is 1. The van der Waals surface area contributed by atoms with E-state index in [0.717, 1.165) is 22.2 Å². The predicted molar refractivity (Wildman–Crippen MR) is 70.4 cm³/mol. The van der Waals surface area contributed by atoms with Crippen LogP contribution in [0.2, 0.25) is 0 Å². The molecule has 1 heterocycles. The zero-order chi connectivity index (χ0) is 13.1. The molecule has 1 aromatic carbocycles. The smallest absolute Gasteiger partial charge is 0.320 e. The molecule has 0 unspecified atom stereocenters. The van der Waals surface area contributed by atoms with Crippen LogP contribution in [0, 0.1) is 6.92 Å². The number of rotatable bonds is 4. The highest BCUT2D eigenvalue weighted by molar-refractivity contribution is 5.82. The van der Waals surface area contributed by atoms with Gasteiger partial charge in [0, 0.05) is 17.6 Å². The summed E-state index contributed by atoms with van der Waals surface area (Å²) in [5.74, 6) is -0.843. The van der Waals surface area contributed by atoms with Gasteiger partial charge in [-0.15, -0.1) is 0 Å². The molecule has 0 aliphatic rings. The molecule has 94 valence electrons. The molecule has 0 saturated carbocycles. The third-order valence-electron chi connectivity index (χ3n) is 2.90. The van der Waals surface area contributed by atoms with Crippen molar-refractivity contribution in [2.75, 3.05) is 0 Å². The second-order valence-electron chi connectivity index (χ2n) is 4.38. The molecule has 2 N–H and O–H groups in total. The Bertz CT molecular complexity index is 581. The monoisotopic (exact) mass is 244 g/mol. The Morgan fingerprint density at radius 1 is 1.44 bits per heavy atom. The Labute approximate surface area is 106 Å². The van der Waals surface area contributed by atoms with Crippen LogP contribution in [0.15, 0.2) is 30.3 Å². The standard InChI is InChI=1S/C14H16N2O2/c1-9-7-11(8-15-10(2)14(17)18)12-5-3-4-6-13(12)16-9/h3-7,10,15H,8H2,1-2H3,(H,17,18)/t10-/m1/s1. The molecule has 1 aromatic heterocycles. The van der Waals surface area contributed by atoms with Crippen molar-refractivity contribution in [3.63, 3.8) is 0 Å². The number of para-hydroxylation sites is 1. The van der Waals surface area contributed by atoms with E-state index in [1.807, 2.05) is 37.3 Å². The molecule has 2 rings (SSSR count). The largest absolute Gasteiger partial charge is 0.480 e. The number of aromatic nitrogens is 1. The molecular formula is C14H16N2O2. The van der Waals surface area contributed by atoms with Crippen LogP contribution in [-0.4, -0.2) is 22.1 Å². The minimum Gasteiger partial charge on any atom is -0.480 e. The molecule has 0 bridgehead atoms. The summed E-state index contributed by atoms with van der Waals surface area (Å²) in [5.41, 5.74) is 2.96. The van der Waals surface area contributed by atoms with Gasteiger partial charge >= 0.3 is 5.97 Å². The van der Waals surface area contributed by atoms with Gasteiger partial charge in [0.05, 0.1) is 5.52 Å². The fourth-order valence-corrected chi connectivity index (χ4v) is 1.89. The number of pyridine rings is 1. The van der Waals surface area contributed by atoms with E-state index in [9.17, 15) is 4.79 Å². The third kappa shape index (κ3) is 2.65. The van der Waals surface area contributed by atoms with Gasteiger partial charge in [0.15, 0.2) is 0 Å². The van der Waals surface area contributed by atoms with E-state index in [4.69, 9.17) is 5.11 Å². The van der Waals surface area contributed by atoms with Crippen LogP contribution in [0.25, 0.3) is 10.9 Å². The Kier molecular flexibility index (Phi) is 3.58. The number of carbonyl (C=O) groups is 1. The van der Waals surface area contributed by atoms with Gasteiger partial charge in [-0.2, -0.15) is 0 Å². The highest BCUT2D eigenvalue weighted by atomic mass is 16.4. The van der Waals surface area contributed by atoms with E-state index >= 15 is 0 Å². The molecule has 18 heavy (non-hydrogen) atoms. The van der Waals surface area contributed by atoms with Crippen molar-refractivity contribution >= 4 is 16.9 Å². The molecule has 0 spiro atoms. The summed E-state index contributed by atoms with van der Waals surface area (Å²) >= 11 is 0. The second-order valence-corrected chi connectivity index (χ2v) is 4.38. The summed E-state index contributed by atoms with van der Waals surface area (Å²) in [6, 6.07) is 9.31. The van der Waals surface area contributed by atoms with Crippen LogP contribution in [-0.2, 0) is 11.3 Å². The number of aliphatic carboxylic acids is 1. The van der Waals surface area contributed by atoms with Crippen LogP contribution in [0.4, 0.5) is 0 Å². The van der Waals surface area contributed by atoms with Crippen LogP contribution in [0.1, 0.15) is 18.2 Å². The van der Waals surface area contributed by atoms with Crippen LogP contribution in [0.3, 0.4) is 0 Å². The number of hydrogen-bond acceptors (Lipinski definition) is 3. The van der Waals surface area contributed by atoms with Crippen molar-refractivity contribution in [3.8, 4) is 0 Å². The lowest BCUT2D eigenvalue weighted by Crippen LogP contribution is -2.33. The molecule has 0 radical (unpaired) electrons. The maximum absolute atomic E-state index is 10.8. The normalized spacial score (nSPS) is 12.6. The van der Waals surface area contributed by atoms with Gasteiger partial charge in [-0.05, 0) is 31.5 Å². The minimum absolute atomic E-state index is 0.525. The van der Waals surface area contributed by atoms with E-state index in [1.165, 1.54) is 0 Å². The molecule has 0 amide bonds. The average Bonchev–Trinajstić information content (AvgIpc) is 2.35. The zero-order valence-electron chi connectivity index (χ0n) is 10.5. The van der Waals surface area contributed by atoms with E-state index in [-0.39, 0.29) is 0 Å². The Balaban J connectivity index is 2.29. The molecule has 0 aliphatic carbocycles. The SMILES string of the molecule is Cc1cc(CN[C@H](C)C(=O)O)c2ccccc2n1. The van der Waals surface area contributed by atoms with Crippen LogP contribution >= 0.6 is 0 Å². The molecule has 0 aliphatic heterocycles. The van der Waals surface area contributed by atoms with Crippen LogP contribution in [0.5, 0.6) is 0 Å². The van der Waals surface area contributed by atoms with Crippen molar-refractivity contribution in [1.82, 2.24) is 10.3 Å². The number of fused-ring (bicyclic) bond motifs is 1. The van der Waals surface area contributed by atoms with Gasteiger partial charge in [-0.25, -0.2) is 0 Å². The van der Waals surface area contributed by atoms with E-state index in [2.05, 4.69) is 10.3 Å². The van der Waals surface area contributed by atoms with Crippen LogP contribution < -0.4 is 5.32 Å². The second kappa shape index (κ2) is 5.14. The topological polar surface area (TPSA) is 62.2 Å². The maximum Gasteiger partial charge on any atom is 0.320 e. The first-order valence-corrected chi connectivity index (χ1v) is 5.89. The summed E-state index contributed by atoms with van der Waals surface area (Å²) in [6.07, 6.45) is 0. The first-order chi connectivity index (χ1) is 8.58. The van der Waals surface area contributed by atoms with Gasteiger partial charge in [-0.1, -0.05) is 18.2 Å². The van der Waals surface area contributed by atoms with E-state index in [1.54, 1.807) is 6.92 Å². The molecule has 0 fully saturated rings. The number of nitrogens with one attached hydrogen (secondary N) is 1. The summed E-state index contributed by atoms with van der Waals surface area (Å²) < 4.78 is 0. The summed E-state index contributed by atoms with van der Waals surface area (Å²) in [5, 5.41) is 12.9. The van der Waals surface area contributed by atoms with Crippen molar-refractivity contribution in [1.29, 1.82) is 0 Å². The van der Waals surface area contributed by atoms with Gasteiger partial charge in [0.25, 0.3) is 0 Å². The molecule has 4 nitrogen and oxygen atoms in total. The number of benzene rings is 1. The maximum atomic E-state index is 10.8. The van der Waals surface area contributed by atoms with Gasteiger partial charge < -0.3 is 10.4 Å². The molecule has 2 aromatic rings. The Morgan fingerprint density at radius 3 is 2.89 bits per heavy atom. The lowest BCUT2D eigenvalue weighted by molar-refractivity contribution is -0.139. The third-order valence-corrected chi connectivity index (χ3v) is 2.90. The average molecular weight is 244 g/mol. The van der Waals surface area contributed by atoms with Gasteiger partial charge in [0.2, 0.25) is 0 Å². The molecule has 1 atom stereocenters. The number of carboxylic acid groups (broad SMARTS) is 1. The predicted octanol–water partition coefficient (Wildman–Crippen LogP) is 2.11. The Hall–Kier alpha value is -1.94. The zero-order valence-corrected chi connectivity index (χ0v) is 10.5. The first-order valence-electron chi connectivity index (χ1n) is 5.89. The molecule has 0 saturated heterocycles. The quantitative estimate of drug-likeness (QED) is 0.864. The number of nitrogens with zero attached hydrogens (tertiary/aromatic N) is 1. The first kappa shape index (κ1) is 12.5. The minimum atomic E-state index is -0.843. The van der Waals surface area contributed by atoms with Gasteiger partial charge in [-0.3, -0.25) is 9.78 Å². The fourth-order valence-electron chi connectivity index (χ4n) is 1.89. The van der Waals surface area contributed by atoms with Crippen molar-refractivity contribution in [2.45, 2.75) is 26.4 Å². The van der Waals surface area contributed by atoms with Crippen molar-refractivity contribution in [3.05, 3.63) is 41.6 Å². The molecular weight excluding hydrogens is 228 g/mol. The fraction of sp³-hybridized carbons (Fsp3) is 0.286. The highest BCUT2D eigenvalue weighted by Gasteiger charge is 2.10. The summed E-state index contributed by atoms with van der Waals surface area (Å²) in [6.45, 7) is 4.10. The summed E-state index contributed by atoms with van der Waals surface area (Å²) in [7, 11) is 0. The lowest BCUT2D eigenvalue weighted by atomic mass is 10.1. The number of carboxylic acids is 1. The van der Waals surface area contributed by atoms with E-state index in [0.29, 0.717) is 6.54 Å². The highest BCUT2D eigenvalue weighted by Crippen LogP contribution is 2.18. The lowest BCUT2D eigenvalue weighted by Gasteiger charge is -2.11. The van der Waals surface area contributed by atoms with Crippen molar-refractivity contribution < 1.29 is 9.90 Å². The van der Waals surface area contributed by atoms with Gasteiger partial charge in [0.1, 0.15) is 6.04 Å². The Morgan fingerprint density at radius 2 is 2.17 bits per heavy atom. The number of hydrogen-bond donors (Lipinski definition) is 2. The van der Waals surface area contributed by atoms with E-state index < -0.39 is 12.0 Å². The summed E-state index contributed by atoms with van der Waals surface area (Å²) in [4.78, 5) is 15.2. The molecule has 4 heteroatoms. The van der Waals surface area contributed by atoms with Crippen molar-refractivity contribution in [2.24, 2.45) is 0 Å².